The molecule has 0 spiro atoms. The van der Waals surface area contributed by atoms with E-state index in [-0.39, 0.29) is 23.3 Å². The number of aryl methyl sites for hydroxylation is 1. The fourth-order valence-electron chi connectivity index (χ4n) is 4.14. The number of aromatic nitrogens is 2. The highest BCUT2D eigenvalue weighted by Crippen LogP contribution is 2.36. The fraction of sp³-hybridized carbons (Fsp3) is 0.292. The summed E-state index contributed by atoms with van der Waals surface area (Å²) < 4.78 is 6.97. The zero-order valence-electron chi connectivity index (χ0n) is 17.5. The van der Waals surface area contributed by atoms with E-state index in [0.717, 1.165) is 18.4 Å². The van der Waals surface area contributed by atoms with Crippen LogP contribution < -0.4 is 5.73 Å². The minimum atomic E-state index is -0.637. The van der Waals surface area contributed by atoms with Crippen molar-refractivity contribution < 1.29 is 14.3 Å². The maximum Gasteiger partial charge on any atom is 0.274 e. The van der Waals surface area contributed by atoms with Gasteiger partial charge in [0.2, 0.25) is 0 Å². The summed E-state index contributed by atoms with van der Waals surface area (Å²) in [6.07, 6.45) is 1.77. The molecule has 1 aliphatic carbocycles. The first-order valence-corrected chi connectivity index (χ1v) is 10.5. The summed E-state index contributed by atoms with van der Waals surface area (Å²) in [6, 6.07) is 18.8. The van der Waals surface area contributed by atoms with Crippen LogP contribution in [0.5, 0.6) is 0 Å². The fourth-order valence-corrected chi connectivity index (χ4v) is 4.14. The van der Waals surface area contributed by atoms with Crippen molar-refractivity contribution in [2.24, 2.45) is 5.73 Å². The number of nitrogens with zero attached hydrogens (tertiary/aromatic N) is 3. The standard InChI is InChI=1S/C24H26N4O3/c1-2-31-15-14-27(21-13-12-17-8-6-7-11-19(17)21)24(30)20-16-22(23(25)29)28(26-20)18-9-4-3-5-10-18/h3-11,16,21H,2,12-15H2,1H3,(H2,25,29). The van der Waals surface area contributed by atoms with Gasteiger partial charge in [0.15, 0.2) is 5.69 Å². The predicted octanol–water partition coefficient (Wildman–Crippen LogP) is 3.14. The highest BCUT2D eigenvalue weighted by atomic mass is 16.5. The van der Waals surface area contributed by atoms with E-state index >= 15 is 0 Å². The van der Waals surface area contributed by atoms with Crippen molar-refractivity contribution in [3.8, 4) is 5.69 Å². The Morgan fingerprint density at radius 1 is 1.16 bits per heavy atom. The van der Waals surface area contributed by atoms with Gasteiger partial charge in [0.05, 0.1) is 18.3 Å². The number of amides is 2. The maximum atomic E-state index is 13.6. The average Bonchev–Trinajstić information content (AvgIpc) is 3.42. The largest absolute Gasteiger partial charge is 0.380 e. The van der Waals surface area contributed by atoms with Crippen molar-refractivity contribution in [2.45, 2.75) is 25.8 Å². The van der Waals surface area contributed by atoms with Gasteiger partial charge in [-0.05, 0) is 43.0 Å². The Bertz CT molecular complexity index is 1080. The van der Waals surface area contributed by atoms with Crippen LogP contribution in [0.25, 0.3) is 5.69 Å². The second-order valence-electron chi connectivity index (χ2n) is 7.48. The number of ether oxygens (including phenoxy) is 1. The number of carbonyl (C=O) groups excluding carboxylic acids is 2. The summed E-state index contributed by atoms with van der Waals surface area (Å²) in [5, 5.41) is 4.46. The van der Waals surface area contributed by atoms with Crippen LogP contribution in [0.3, 0.4) is 0 Å². The molecule has 3 aromatic rings. The Labute approximate surface area is 181 Å². The van der Waals surface area contributed by atoms with Crippen molar-refractivity contribution in [3.63, 3.8) is 0 Å². The van der Waals surface area contributed by atoms with Gasteiger partial charge in [-0.2, -0.15) is 5.10 Å². The Morgan fingerprint density at radius 2 is 1.90 bits per heavy atom. The minimum absolute atomic E-state index is 0.0527. The summed E-state index contributed by atoms with van der Waals surface area (Å²) in [6.45, 7) is 3.38. The molecular weight excluding hydrogens is 392 g/mol. The van der Waals surface area contributed by atoms with Crippen LogP contribution in [0.2, 0.25) is 0 Å². The molecule has 2 N–H and O–H groups in total. The first-order valence-electron chi connectivity index (χ1n) is 10.5. The smallest absolute Gasteiger partial charge is 0.274 e. The first kappa shape index (κ1) is 20.8. The van der Waals surface area contributed by atoms with Crippen LogP contribution in [-0.2, 0) is 11.2 Å². The topological polar surface area (TPSA) is 90.5 Å². The van der Waals surface area contributed by atoms with E-state index in [0.29, 0.717) is 25.4 Å². The lowest BCUT2D eigenvalue weighted by Crippen LogP contribution is -2.37. The molecule has 7 heteroatoms. The lowest BCUT2D eigenvalue weighted by molar-refractivity contribution is 0.0550. The number of carbonyl (C=O) groups is 2. The molecule has 1 atom stereocenters. The van der Waals surface area contributed by atoms with Gasteiger partial charge in [-0.25, -0.2) is 4.68 Å². The molecule has 1 heterocycles. The molecule has 0 saturated carbocycles. The molecule has 0 bridgehead atoms. The number of rotatable bonds is 8. The SMILES string of the molecule is CCOCCN(C(=O)c1cc(C(N)=O)n(-c2ccccc2)n1)C1CCc2ccccc21. The number of primary amides is 1. The van der Waals surface area contributed by atoms with Gasteiger partial charge in [0, 0.05) is 19.2 Å². The summed E-state index contributed by atoms with van der Waals surface area (Å²) in [5.74, 6) is -0.874. The van der Waals surface area contributed by atoms with E-state index in [9.17, 15) is 9.59 Å². The van der Waals surface area contributed by atoms with Gasteiger partial charge >= 0.3 is 0 Å². The molecule has 7 nitrogen and oxygen atoms in total. The highest BCUT2D eigenvalue weighted by Gasteiger charge is 2.33. The lowest BCUT2D eigenvalue weighted by atomic mass is 10.1. The van der Waals surface area contributed by atoms with E-state index in [1.165, 1.54) is 16.3 Å². The zero-order chi connectivity index (χ0) is 21.8. The molecule has 0 radical (unpaired) electrons. The van der Waals surface area contributed by atoms with Gasteiger partial charge in [-0.1, -0.05) is 42.5 Å². The molecule has 2 amide bonds. The molecule has 2 aromatic carbocycles. The first-order chi connectivity index (χ1) is 15.1. The summed E-state index contributed by atoms with van der Waals surface area (Å²) in [5.41, 5.74) is 9.03. The van der Waals surface area contributed by atoms with Gasteiger partial charge in [0.1, 0.15) is 5.69 Å². The van der Waals surface area contributed by atoms with Crippen LogP contribution in [0.4, 0.5) is 0 Å². The Hall–Kier alpha value is -3.45. The lowest BCUT2D eigenvalue weighted by Gasteiger charge is -2.29. The number of fused-ring (bicyclic) bond motifs is 1. The van der Waals surface area contributed by atoms with E-state index < -0.39 is 5.91 Å². The molecule has 31 heavy (non-hydrogen) atoms. The molecule has 0 saturated heterocycles. The van der Waals surface area contributed by atoms with Crippen LogP contribution >= 0.6 is 0 Å². The van der Waals surface area contributed by atoms with E-state index in [4.69, 9.17) is 10.5 Å². The molecule has 160 valence electrons. The molecular formula is C24H26N4O3. The van der Waals surface area contributed by atoms with E-state index in [2.05, 4.69) is 17.2 Å². The summed E-state index contributed by atoms with van der Waals surface area (Å²) >= 11 is 0. The molecule has 0 fully saturated rings. The Morgan fingerprint density at radius 3 is 2.65 bits per heavy atom. The summed E-state index contributed by atoms with van der Waals surface area (Å²) in [4.78, 5) is 27.5. The van der Waals surface area contributed by atoms with E-state index in [1.807, 2.05) is 54.3 Å². The molecule has 1 aromatic heterocycles. The number of benzene rings is 2. The van der Waals surface area contributed by atoms with Crippen molar-refractivity contribution in [2.75, 3.05) is 19.8 Å². The number of hydrogen-bond acceptors (Lipinski definition) is 4. The Kier molecular flexibility index (Phi) is 6.13. The van der Waals surface area contributed by atoms with Crippen LogP contribution in [0, 0.1) is 0 Å². The minimum Gasteiger partial charge on any atom is -0.380 e. The third-order valence-corrected chi connectivity index (χ3v) is 5.60. The molecule has 1 unspecified atom stereocenters. The van der Waals surface area contributed by atoms with E-state index in [1.54, 1.807) is 0 Å². The van der Waals surface area contributed by atoms with Crippen LogP contribution in [0.1, 0.15) is 51.5 Å². The monoisotopic (exact) mass is 418 g/mol. The highest BCUT2D eigenvalue weighted by molar-refractivity contribution is 5.98. The van der Waals surface area contributed by atoms with Crippen molar-refractivity contribution in [1.29, 1.82) is 0 Å². The quantitative estimate of drug-likeness (QED) is 0.569. The average molecular weight is 418 g/mol. The van der Waals surface area contributed by atoms with Crippen LogP contribution in [0.15, 0.2) is 60.7 Å². The zero-order valence-corrected chi connectivity index (χ0v) is 17.5. The third-order valence-electron chi connectivity index (χ3n) is 5.60. The van der Waals surface area contributed by atoms with Crippen molar-refractivity contribution in [1.82, 2.24) is 14.7 Å². The van der Waals surface area contributed by atoms with Crippen molar-refractivity contribution in [3.05, 3.63) is 83.2 Å². The van der Waals surface area contributed by atoms with Gasteiger partial charge in [-0.3, -0.25) is 9.59 Å². The second-order valence-corrected chi connectivity index (χ2v) is 7.48. The third kappa shape index (κ3) is 4.22. The van der Waals surface area contributed by atoms with Crippen LogP contribution in [-0.4, -0.2) is 46.3 Å². The number of hydrogen-bond donors (Lipinski definition) is 1. The van der Waals surface area contributed by atoms with Gasteiger partial charge in [-0.15, -0.1) is 0 Å². The second kappa shape index (κ2) is 9.14. The normalized spacial score (nSPS) is 14.9. The predicted molar refractivity (Wildman–Crippen MR) is 117 cm³/mol. The summed E-state index contributed by atoms with van der Waals surface area (Å²) in [7, 11) is 0. The molecule has 4 rings (SSSR count). The van der Waals surface area contributed by atoms with Gasteiger partial charge in [0.25, 0.3) is 11.8 Å². The van der Waals surface area contributed by atoms with Gasteiger partial charge < -0.3 is 15.4 Å². The molecule has 0 aliphatic heterocycles. The molecule has 1 aliphatic rings. The Balaban J connectivity index is 1.70. The van der Waals surface area contributed by atoms with Crippen molar-refractivity contribution >= 4 is 11.8 Å². The number of para-hydroxylation sites is 1. The maximum absolute atomic E-state index is 13.6. The number of nitrogens with two attached hydrogens (primary N) is 1.